The van der Waals surface area contributed by atoms with Crippen molar-refractivity contribution in [3.05, 3.63) is 11.6 Å². The monoisotopic (exact) mass is 600 g/mol. The lowest BCUT2D eigenvalue weighted by atomic mass is 9.47. The molecule has 0 aromatic rings. The van der Waals surface area contributed by atoms with Gasteiger partial charge in [-0.1, -0.05) is 65.5 Å². The van der Waals surface area contributed by atoms with Crippen molar-refractivity contribution in [2.24, 2.45) is 57.8 Å². The molecule has 4 rings (SSSR count). The molecular formula is C38H69N3O2. The number of fused-ring (bicyclic) bond motifs is 5. The number of nitrogens with two attached hydrogens (primary N) is 2. The van der Waals surface area contributed by atoms with Crippen LogP contribution in [0.4, 0.5) is 4.79 Å². The predicted molar refractivity (Wildman–Crippen MR) is 181 cm³/mol. The van der Waals surface area contributed by atoms with Gasteiger partial charge in [0, 0.05) is 30.6 Å². The van der Waals surface area contributed by atoms with Gasteiger partial charge in [-0.2, -0.15) is 0 Å². The van der Waals surface area contributed by atoms with Crippen molar-refractivity contribution in [1.82, 2.24) is 4.90 Å². The molecule has 0 aromatic carbocycles. The molecule has 43 heavy (non-hydrogen) atoms. The Kier molecular flexibility index (Phi) is 10.8. The standard InChI is InChI=1S/C38H69N3O2/c1-26(2)11-10-12-27(3)31-15-16-32-30-14-13-28-25-29(17-19-37(28,8)33(30)18-20-38(31,32)9)43-34(42)41(23-21-35(4,5)39)24-22-36(6,7)40/h13,26-27,29-33H,10-12,14-25,39-40H2,1-9H3/t27-,29?,30?,31?,32?,33?,37?,38?/m1/s1. The fraction of sp³-hybridized carbons (Fsp3) is 0.921. The maximum atomic E-state index is 13.5. The summed E-state index contributed by atoms with van der Waals surface area (Å²) in [7, 11) is 0. The first kappa shape index (κ1) is 34.8. The van der Waals surface area contributed by atoms with E-state index in [0.717, 1.165) is 67.6 Å². The van der Waals surface area contributed by atoms with Crippen LogP contribution in [0.15, 0.2) is 11.6 Å². The first-order valence-corrected chi connectivity index (χ1v) is 18.2. The van der Waals surface area contributed by atoms with Crippen molar-refractivity contribution in [3.63, 3.8) is 0 Å². The third-order valence-electron chi connectivity index (χ3n) is 12.8. The topological polar surface area (TPSA) is 81.6 Å². The molecular weight excluding hydrogens is 530 g/mol. The average Bonchev–Trinajstić information content (AvgIpc) is 3.24. The Morgan fingerprint density at radius 3 is 2.21 bits per heavy atom. The molecule has 0 heterocycles. The highest BCUT2D eigenvalue weighted by Gasteiger charge is 2.59. The molecule has 0 aromatic heterocycles. The first-order valence-electron chi connectivity index (χ1n) is 18.2. The Labute approximate surface area is 265 Å². The second kappa shape index (κ2) is 13.3. The second-order valence-corrected chi connectivity index (χ2v) is 18.0. The fourth-order valence-electron chi connectivity index (χ4n) is 10.1. The molecule has 0 saturated heterocycles. The summed E-state index contributed by atoms with van der Waals surface area (Å²) in [6.07, 6.45) is 18.0. The van der Waals surface area contributed by atoms with E-state index in [0.29, 0.717) is 18.5 Å². The largest absolute Gasteiger partial charge is 0.446 e. The lowest BCUT2D eigenvalue weighted by molar-refractivity contribution is -0.0594. The first-order chi connectivity index (χ1) is 19.9. The van der Waals surface area contributed by atoms with Crippen LogP contribution in [-0.4, -0.2) is 41.3 Å². The summed E-state index contributed by atoms with van der Waals surface area (Å²) in [5.74, 6) is 5.06. The quantitative estimate of drug-likeness (QED) is 0.219. The van der Waals surface area contributed by atoms with E-state index < -0.39 is 0 Å². The number of ether oxygens (including phenoxy) is 1. The van der Waals surface area contributed by atoms with Gasteiger partial charge >= 0.3 is 6.09 Å². The van der Waals surface area contributed by atoms with Crippen LogP contribution in [0, 0.1) is 46.3 Å². The lowest BCUT2D eigenvalue weighted by Crippen LogP contribution is -2.51. The van der Waals surface area contributed by atoms with Crippen LogP contribution in [0.1, 0.15) is 146 Å². The van der Waals surface area contributed by atoms with Crippen LogP contribution in [-0.2, 0) is 4.74 Å². The van der Waals surface area contributed by atoms with E-state index >= 15 is 0 Å². The van der Waals surface area contributed by atoms with Gasteiger partial charge in [0.05, 0.1) is 0 Å². The molecule has 4 aliphatic rings. The van der Waals surface area contributed by atoms with Gasteiger partial charge < -0.3 is 21.1 Å². The van der Waals surface area contributed by atoms with Gasteiger partial charge in [-0.05, 0) is 132 Å². The number of carbonyl (C=O) groups is 1. The van der Waals surface area contributed by atoms with Gasteiger partial charge in [-0.15, -0.1) is 0 Å². The van der Waals surface area contributed by atoms with Crippen molar-refractivity contribution in [3.8, 4) is 0 Å². The smallest absolute Gasteiger partial charge is 0.410 e. The van der Waals surface area contributed by atoms with Gasteiger partial charge in [0.1, 0.15) is 6.10 Å². The molecule has 0 bridgehead atoms. The molecule has 5 heteroatoms. The van der Waals surface area contributed by atoms with E-state index in [-0.39, 0.29) is 28.7 Å². The Bertz CT molecular complexity index is 959. The van der Waals surface area contributed by atoms with E-state index in [1.54, 1.807) is 5.57 Å². The number of allylic oxidation sites excluding steroid dienone is 1. The van der Waals surface area contributed by atoms with Crippen LogP contribution in [0.2, 0.25) is 0 Å². The minimum atomic E-state index is -0.325. The number of hydrogen-bond donors (Lipinski definition) is 2. The molecule has 0 radical (unpaired) electrons. The molecule has 8 atom stereocenters. The molecule has 7 unspecified atom stereocenters. The van der Waals surface area contributed by atoms with Gasteiger partial charge in [-0.25, -0.2) is 4.79 Å². The average molecular weight is 600 g/mol. The minimum absolute atomic E-state index is 0.0287. The number of hydrogen-bond acceptors (Lipinski definition) is 4. The summed E-state index contributed by atoms with van der Waals surface area (Å²) in [6.45, 7) is 21.8. The van der Waals surface area contributed by atoms with Crippen LogP contribution in [0.25, 0.3) is 0 Å². The van der Waals surface area contributed by atoms with Gasteiger partial charge in [0.25, 0.3) is 0 Å². The van der Waals surface area contributed by atoms with Crippen LogP contribution >= 0.6 is 0 Å². The summed E-state index contributed by atoms with van der Waals surface area (Å²) in [5, 5.41) is 0. The van der Waals surface area contributed by atoms with Crippen molar-refractivity contribution in [2.75, 3.05) is 13.1 Å². The van der Waals surface area contributed by atoms with E-state index in [2.05, 4.69) is 40.7 Å². The molecule has 4 N–H and O–H groups in total. The minimum Gasteiger partial charge on any atom is -0.446 e. The van der Waals surface area contributed by atoms with E-state index in [1.807, 2.05) is 32.6 Å². The van der Waals surface area contributed by atoms with E-state index in [4.69, 9.17) is 16.2 Å². The maximum Gasteiger partial charge on any atom is 0.410 e. The van der Waals surface area contributed by atoms with Crippen LogP contribution in [0.5, 0.6) is 0 Å². The molecule has 4 aliphatic carbocycles. The molecule has 0 aliphatic heterocycles. The Morgan fingerprint density at radius 2 is 1.60 bits per heavy atom. The van der Waals surface area contributed by atoms with E-state index in [1.165, 1.54) is 51.4 Å². The highest BCUT2D eigenvalue weighted by molar-refractivity contribution is 5.68. The summed E-state index contributed by atoms with van der Waals surface area (Å²) in [5.41, 5.74) is 14.3. The maximum absolute atomic E-state index is 13.5. The summed E-state index contributed by atoms with van der Waals surface area (Å²) in [6, 6.07) is 0. The number of amides is 1. The number of rotatable bonds is 12. The Morgan fingerprint density at radius 1 is 0.953 bits per heavy atom. The molecule has 5 nitrogen and oxygen atoms in total. The van der Waals surface area contributed by atoms with Crippen molar-refractivity contribution in [2.45, 2.75) is 163 Å². The second-order valence-electron chi connectivity index (χ2n) is 18.0. The fourth-order valence-corrected chi connectivity index (χ4v) is 10.1. The Hall–Kier alpha value is -1.07. The third-order valence-corrected chi connectivity index (χ3v) is 12.8. The van der Waals surface area contributed by atoms with Gasteiger partial charge in [-0.3, -0.25) is 0 Å². The van der Waals surface area contributed by atoms with Crippen molar-refractivity contribution < 1.29 is 9.53 Å². The molecule has 0 spiro atoms. The zero-order chi connectivity index (χ0) is 31.8. The predicted octanol–water partition coefficient (Wildman–Crippen LogP) is 9.09. The SMILES string of the molecule is CC(C)CCC[C@@H](C)C1CCC2C3CC=C4CC(OC(=O)N(CCC(C)(C)N)CCC(C)(C)N)CCC4(C)C3CCC21C. The molecule has 3 fully saturated rings. The summed E-state index contributed by atoms with van der Waals surface area (Å²) >= 11 is 0. The number of nitrogens with zero attached hydrogens (tertiary/aromatic N) is 1. The highest BCUT2D eigenvalue weighted by atomic mass is 16.6. The third kappa shape index (κ3) is 8.21. The van der Waals surface area contributed by atoms with Gasteiger partial charge in [0.15, 0.2) is 0 Å². The zero-order valence-corrected chi connectivity index (χ0v) is 29.6. The van der Waals surface area contributed by atoms with Crippen molar-refractivity contribution >= 4 is 6.09 Å². The van der Waals surface area contributed by atoms with Crippen LogP contribution in [0.3, 0.4) is 0 Å². The molecule has 3 saturated carbocycles. The molecule has 248 valence electrons. The van der Waals surface area contributed by atoms with Crippen molar-refractivity contribution in [1.29, 1.82) is 0 Å². The summed E-state index contributed by atoms with van der Waals surface area (Å²) < 4.78 is 6.25. The van der Waals surface area contributed by atoms with Crippen LogP contribution < -0.4 is 11.5 Å². The zero-order valence-electron chi connectivity index (χ0n) is 29.6. The highest BCUT2D eigenvalue weighted by Crippen LogP contribution is 2.67. The number of carbonyl (C=O) groups excluding carboxylic acids is 1. The normalized spacial score (nSPS) is 35.1. The lowest BCUT2D eigenvalue weighted by Gasteiger charge is -2.58. The molecule has 1 amide bonds. The Balaban J connectivity index is 1.39. The van der Waals surface area contributed by atoms with E-state index in [9.17, 15) is 4.79 Å². The summed E-state index contributed by atoms with van der Waals surface area (Å²) in [4.78, 5) is 15.3. The van der Waals surface area contributed by atoms with Gasteiger partial charge in [0.2, 0.25) is 0 Å².